The lowest BCUT2D eigenvalue weighted by atomic mass is 10.2. The zero-order valence-corrected chi connectivity index (χ0v) is 15.5. The van der Waals surface area contributed by atoms with Crippen molar-refractivity contribution in [2.24, 2.45) is 4.40 Å². The van der Waals surface area contributed by atoms with Gasteiger partial charge in [0.1, 0.15) is 4.90 Å². The summed E-state index contributed by atoms with van der Waals surface area (Å²) in [4.78, 5) is 12.2. The maximum atomic E-state index is 12.2. The summed E-state index contributed by atoms with van der Waals surface area (Å²) in [6.45, 7) is 1.87. The highest BCUT2D eigenvalue weighted by atomic mass is 35.5. The number of nitrogens with one attached hydrogen (secondary N) is 2. The zero-order valence-electron chi connectivity index (χ0n) is 13.1. The monoisotopic (exact) mass is 395 g/mol. The van der Waals surface area contributed by atoms with Gasteiger partial charge in [-0.05, 0) is 36.8 Å². The van der Waals surface area contributed by atoms with Gasteiger partial charge in [0, 0.05) is 0 Å². The molecule has 0 atom stereocenters. The maximum Gasteiger partial charge on any atom is 0.286 e. The number of para-hydroxylation sites is 1. The van der Waals surface area contributed by atoms with Crippen LogP contribution >= 0.6 is 23.4 Å². The lowest BCUT2D eigenvalue weighted by molar-refractivity contribution is -0.113. The van der Waals surface area contributed by atoms with Crippen LogP contribution in [0.15, 0.2) is 51.8 Å². The van der Waals surface area contributed by atoms with Crippen LogP contribution in [0.5, 0.6) is 0 Å². The molecule has 0 aromatic heterocycles. The number of nitrogens with zero attached hydrogens (tertiary/aromatic N) is 1. The van der Waals surface area contributed by atoms with E-state index in [0.29, 0.717) is 16.4 Å². The number of amidine groups is 1. The zero-order chi connectivity index (χ0) is 18.0. The van der Waals surface area contributed by atoms with Gasteiger partial charge in [0.25, 0.3) is 10.0 Å². The molecule has 1 amide bonds. The molecule has 1 aliphatic rings. The van der Waals surface area contributed by atoms with Gasteiger partial charge < -0.3 is 10.6 Å². The molecule has 0 bridgehead atoms. The Morgan fingerprint density at radius 2 is 2.04 bits per heavy atom. The number of fused-ring (bicyclic) bond motifs is 1. The van der Waals surface area contributed by atoms with Gasteiger partial charge in [-0.15, -0.1) is 4.40 Å². The maximum absolute atomic E-state index is 12.2. The third kappa shape index (κ3) is 4.15. The quantitative estimate of drug-likeness (QED) is 0.830. The summed E-state index contributed by atoms with van der Waals surface area (Å²) in [5.41, 5.74) is 1.88. The van der Waals surface area contributed by atoms with E-state index in [1.807, 2.05) is 6.92 Å². The van der Waals surface area contributed by atoms with Crippen LogP contribution in [0.25, 0.3) is 0 Å². The van der Waals surface area contributed by atoms with E-state index in [4.69, 9.17) is 11.6 Å². The molecule has 0 fully saturated rings. The van der Waals surface area contributed by atoms with Crippen molar-refractivity contribution in [3.8, 4) is 0 Å². The van der Waals surface area contributed by atoms with Crippen molar-refractivity contribution in [3.05, 3.63) is 53.1 Å². The van der Waals surface area contributed by atoms with E-state index in [0.717, 1.165) is 17.3 Å². The van der Waals surface area contributed by atoms with Crippen LogP contribution in [0.1, 0.15) is 5.56 Å². The highest BCUT2D eigenvalue weighted by molar-refractivity contribution is 8.15. The second kappa shape index (κ2) is 7.07. The van der Waals surface area contributed by atoms with Crippen molar-refractivity contribution in [1.82, 2.24) is 0 Å². The lowest BCUT2D eigenvalue weighted by Gasteiger charge is -2.18. The number of thioether (sulfide) groups is 1. The predicted octanol–water partition coefficient (Wildman–Crippen LogP) is 3.49. The Balaban J connectivity index is 1.69. The van der Waals surface area contributed by atoms with E-state index in [-0.39, 0.29) is 21.7 Å². The number of amides is 1. The largest absolute Gasteiger partial charge is 0.333 e. The average molecular weight is 396 g/mol. The molecule has 2 aromatic rings. The Hall–Kier alpha value is -2.03. The number of sulfonamides is 1. The molecule has 1 aliphatic heterocycles. The van der Waals surface area contributed by atoms with Crippen LogP contribution in [0.4, 0.5) is 11.4 Å². The SMILES string of the molecule is Cc1ccc2c(c1)NC(SCC(=O)Nc1ccccc1Cl)=NS2(=O)=O. The minimum atomic E-state index is -3.77. The summed E-state index contributed by atoms with van der Waals surface area (Å²) in [5.74, 6) is -0.316. The number of halogens is 1. The fourth-order valence-corrected chi connectivity index (χ4v) is 4.41. The molecular formula is C16H14ClN3O3S2. The number of anilines is 2. The lowest BCUT2D eigenvalue weighted by Crippen LogP contribution is -2.22. The Bertz CT molecular complexity index is 974. The molecule has 25 heavy (non-hydrogen) atoms. The summed E-state index contributed by atoms with van der Waals surface area (Å²) < 4.78 is 28.1. The van der Waals surface area contributed by atoms with Gasteiger partial charge in [0.05, 0.1) is 22.2 Å². The number of aryl methyl sites for hydroxylation is 1. The van der Waals surface area contributed by atoms with Crippen LogP contribution in [-0.4, -0.2) is 25.2 Å². The van der Waals surface area contributed by atoms with Crippen LogP contribution in [0.2, 0.25) is 5.02 Å². The number of rotatable bonds is 3. The molecule has 9 heteroatoms. The Kier molecular flexibility index (Phi) is 5.03. The molecular weight excluding hydrogens is 382 g/mol. The number of carbonyl (C=O) groups is 1. The third-order valence-corrected chi connectivity index (χ3v) is 6.00. The molecule has 0 spiro atoms. The number of hydrogen-bond acceptors (Lipinski definition) is 5. The summed E-state index contributed by atoms with van der Waals surface area (Å²) in [6, 6.07) is 11.8. The predicted molar refractivity (Wildman–Crippen MR) is 102 cm³/mol. The average Bonchev–Trinajstić information content (AvgIpc) is 2.54. The topological polar surface area (TPSA) is 87.6 Å². The molecule has 2 aromatic carbocycles. The number of benzene rings is 2. The van der Waals surface area contributed by atoms with Crippen molar-refractivity contribution >= 4 is 55.8 Å². The number of hydrogen-bond donors (Lipinski definition) is 2. The summed E-state index contributed by atoms with van der Waals surface area (Å²) in [7, 11) is -3.77. The Labute approximate surface area is 154 Å². The van der Waals surface area contributed by atoms with E-state index in [2.05, 4.69) is 15.0 Å². The van der Waals surface area contributed by atoms with E-state index in [1.54, 1.807) is 36.4 Å². The van der Waals surface area contributed by atoms with E-state index >= 15 is 0 Å². The van der Waals surface area contributed by atoms with Gasteiger partial charge in [0.15, 0.2) is 5.17 Å². The summed E-state index contributed by atoms with van der Waals surface area (Å²) in [5, 5.41) is 6.22. The van der Waals surface area contributed by atoms with Gasteiger partial charge >= 0.3 is 0 Å². The molecule has 0 aliphatic carbocycles. The molecule has 0 radical (unpaired) electrons. The smallest absolute Gasteiger partial charge is 0.286 e. The number of carbonyl (C=O) groups excluding carboxylic acids is 1. The van der Waals surface area contributed by atoms with Crippen molar-refractivity contribution in [2.45, 2.75) is 11.8 Å². The molecule has 1 heterocycles. The van der Waals surface area contributed by atoms with Gasteiger partial charge in [-0.25, -0.2) is 0 Å². The Morgan fingerprint density at radius 3 is 2.80 bits per heavy atom. The van der Waals surface area contributed by atoms with Gasteiger partial charge in [-0.3, -0.25) is 4.79 Å². The van der Waals surface area contributed by atoms with Gasteiger partial charge in [-0.2, -0.15) is 8.42 Å². The Morgan fingerprint density at radius 1 is 1.28 bits per heavy atom. The fourth-order valence-electron chi connectivity index (χ4n) is 2.21. The molecule has 2 N–H and O–H groups in total. The highest BCUT2D eigenvalue weighted by Crippen LogP contribution is 2.30. The van der Waals surface area contributed by atoms with Gasteiger partial charge in [0.2, 0.25) is 5.91 Å². The highest BCUT2D eigenvalue weighted by Gasteiger charge is 2.25. The van der Waals surface area contributed by atoms with E-state index < -0.39 is 10.0 Å². The van der Waals surface area contributed by atoms with Gasteiger partial charge in [-0.1, -0.05) is 41.6 Å². The minimum Gasteiger partial charge on any atom is -0.333 e. The van der Waals surface area contributed by atoms with E-state index in [9.17, 15) is 13.2 Å². The van der Waals surface area contributed by atoms with Crippen molar-refractivity contribution in [2.75, 3.05) is 16.4 Å². The third-order valence-electron chi connectivity index (χ3n) is 3.35. The molecule has 0 saturated heterocycles. The minimum absolute atomic E-state index is 0.00622. The van der Waals surface area contributed by atoms with E-state index in [1.165, 1.54) is 6.07 Å². The molecule has 6 nitrogen and oxygen atoms in total. The molecule has 0 unspecified atom stereocenters. The normalized spacial score (nSPS) is 14.9. The van der Waals surface area contributed by atoms with Crippen molar-refractivity contribution < 1.29 is 13.2 Å². The van der Waals surface area contributed by atoms with Crippen LogP contribution < -0.4 is 10.6 Å². The first-order valence-corrected chi connectivity index (χ1v) is 10.1. The second-order valence-corrected chi connectivity index (χ2v) is 8.26. The molecule has 3 rings (SSSR count). The summed E-state index contributed by atoms with van der Waals surface area (Å²) in [6.07, 6.45) is 0. The van der Waals surface area contributed by atoms with Crippen LogP contribution in [0.3, 0.4) is 0 Å². The van der Waals surface area contributed by atoms with Crippen LogP contribution in [-0.2, 0) is 14.8 Å². The first-order valence-electron chi connectivity index (χ1n) is 7.25. The molecule has 0 saturated carbocycles. The standard InChI is InChI=1S/C16H14ClN3O3S2/c1-10-6-7-14-13(8-10)19-16(20-25(14,22)23)24-9-15(21)18-12-5-3-2-4-11(12)17/h2-8H,9H2,1H3,(H,18,21)(H,19,20). The first kappa shape index (κ1) is 17.8. The fraction of sp³-hybridized carbons (Fsp3) is 0.125. The molecule has 130 valence electrons. The van der Waals surface area contributed by atoms with Crippen molar-refractivity contribution in [3.63, 3.8) is 0 Å². The van der Waals surface area contributed by atoms with Crippen LogP contribution in [0, 0.1) is 6.92 Å². The summed E-state index contributed by atoms with van der Waals surface area (Å²) >= 11 is 7.00. The first-order chi connectivity index (χ1) is 11.8. The second-order valence-electron chi connectivity index (χ2n) is 5.31. The van der Waals surface area contributed by atoms with Crippen molar-refractivity contribution in [1.29, 1.82) is 0 Å².